The highest BCUT2D eigenvalue weighted by molar-refractivity contribution is 6.04. The molecule has 8 heteroatoms. The Balaban J connectivity index is 1.40. The molecule has 174 valence electrons. The lowest BCUT2D eigenvalue weighted by Gasteiger charge is -2.29. The van der Waals surface area contributed by atoms with Crippen LogP contribution in [-0.4, -0.2) is 48.9 Å². The van der Waals surface area contributed by atoms with Crippen molar-refractivity contribution in [2.24, 2.45) is 0 Å². The number of aryl methyl sites for hydroxylation is 1. The minimum absolute atomic E-state index is 0.148. The number of ketones is 1. The average molecular weight is 460 g/mol. The van der Waals surface area contributed by atoms with Gasteiger partial charge in [-0.3, -0.25) is 24.3 Å². The number of Topliss-reactive ketones (excluding diaryl/α,β-unsaturated/α-hetero) is 1. The van der Waals surface area contributed by atoms with Gasteiger partial charge in [0, 0.05) is 30.4 Å². The quantitative estimate of drug-likeness (QED) is 0.494. The lowest BCUT2D eigenvalue weighted by molar-refractivity contribution is -0.125. The van der Waals surface area contributed by atoms with E-state index < -0.39 is 0 Å². The van der Waals surface area contributed by atoms with Crippen LogP contribution >= 0.6 is 0 Å². The maximum absolute atomic E-state index is 12.7. The summed E-state index contributed by atoms with van der Waals surface area (Å²) in [6.07, 6.45) is 2.28. The summed E-state index contributed by atoms with van der Waals surface area (Å²) in [5.74, 6) is 0.137. The number of rotatable bonds is 9. The third kappa shape index (κ3) is 5.78. The van der Waals surface area contributed by atoms with Crippen molar-refractivity contribution in [2.45, 2.75) is 13.3 Å². The molecule has 0 unspecified atom stereocenters. The molecular formula is C26H25N3O5. The first-order valence-electron chi connectivity index (χ1n) is 11.0. The van der Waals surface area contributed by atoms with Crippen molar-refractivity contribution in [3.05, 3.63) is 83.7 Å². The van der Waals surface area contributed by atoms with Crippen molar-refractivity contribution in [3.63, 3.8) is 0 Å². The van der Waals surface area contributed by atoms with Crippen LogP contribution in [0.2, 0.25) is 0 Å². The van der Waals surface area contributed by atoms with Crippen LogP contribution in [0.5, 0.6) is 11.5 Å². The molecule has 0 saturated heterocycles. The normalized spacial score (nSPS) is 12.5. The predicted molar refractivity (Wildman–Crippen MR) is 126 cm³/mol. The van der Waals surface area contributed by atoms with Crippen molar-refractivity contribution in [3.8, 4) is 11.5 Å². The summed E-state index contributed by atoms with van der Waals surface area (Å²) in [6.45, 7) is 1.85. The Morgan fingerprint density at radius 1 is 1.12 bits per heavy atom. The number of carbonyl (C=O) groups is 3. The molecule has 2 aromatic carbocycles. The van der Waals surface area contributed by atoms with Crippen molar-refractivity contribution in [1.82, 2.24) is 10.3 Å². The van der Waals surface area contributed by atoms with Crippen molar-refractivity contribution < 1.29 is 23.9 Å². The monoisotopic (exact) mass is 459 g/mol. The fourth-order valence-electron chi connectivity index (χ4n) is 3.56. The number of ether oxygens (including phenoxy) is 2. The molecule has 2 amide bonds. The number of carbonyl (C=O) groups excluding carboxylic acids is 3. The Bertz CT molecular complexity index is 1200. The molecule has 1 aliphatic heterocycles. The van der Waals surface area contributed by atoms with Crippen molar-refractivity contribution in [2.75, 3.05) is 31.2 Å². The molecule has 0 spiro atoms. The van der Waals surface area contributed by atoms with Gasteiger partial charge in [-0.15, -0.1) is 0 Å². The minimum Gasteiger partial charge on any atom is -0.485 e. The van der Waals surface area contributed by atoms with Gasteiger partial charge in [0.15, 0.2) is 19.0 Å². The Morgan fingerprint density at radius 3 is 2.79 bits per heavy atom. The molecule has 34 heavy (non-hydrogen) atoms. The summed E-state index contributed by atoms with van der Waals surface area (Å²) < 4.78 is 11.1. The van der Waals surface area contributed by atoms with Gasteiger partial charge in [-0.1, -0.05) is 18.2 Å². The molecule has 1 aromatic heterocycles. The second-order valence-electron chi connectivity index (χ2n) is 7.90. The van der Waals surface area contributed by atoms with Gasteiger partial charge in [0.1, 0.15) is 18.0 Å². The molecule has 8 nitrogen and oxygen atoms in total. The first-order valence-corrected chi connectivity index (χ1v) is 11.0. The van der Waals surface area contributed by atoms with Crippen LogP contribution in [0.4, 0.5) is 5.69 Å². The van der Waals surface area contributed by atoms with E-state index in [4.69, 9.17) is 9.47 Å². The molecule has 4 rings (SSSR count). The molecule has 0 aliphatic carbocycles. The van der Waals surface area contributed by atoms with Crippen LogP contribution in [0.3, 0.4) is 0 Å². The molecule has 1 aliphatic rings. The fourth-order valence-corrected chi connectivity index (χ4v) is 3.56. The van der Waals surface area contributed by atoms with Crippen LogP contribution in [0.1, 0.15) is 21.6 Å². The maximum atomic E-state index is 12.7. The molecule has 1 N–H and O–H groups in total. The molecule has 2 heterocycles. The molecule has 0 radical (unpaired) electrons. The summed E-state index contributed by atoms with van der Waals surface area (Å²) in [4.78, 5) is 43.3. The number of amides is 2. The Morgan fingerprint density at radius 2 is 2.00 bits per heavy atom. The van der Waals surface area contributed by atoms with E-state index in [1.54, 1.807) is 30.5 Å². The smallest absolute Gasteiger partial charge is 0.265 e. The van der Waals surface area contributed by atoms with Crippen molar-refractivity contribution in [1.29, 1.82) is 0 Å². The van der Waals surface area contributed by atoms with E-state index in [-0.39, 0.29) is 37.4 Å². The Hall–Kier alpha value is -4.20. The van der Waals surface area contributed by atoms with Crippen LogP contribution in [0.25, 0.3) is 0 Å². The first-order chi connectivity index (χ1) is 16.5. The highest BCUT2D eigenvalue weighted by atomic mass is 16.5. The molecule has 3 aromatic rings. The second kappa shape index (κ2) is 10.6. The lowest BCUT2D eigenvalue weighted by Crippen LogP contribution is -2.45. The van der Waals surface area contributed by atoms with E-state index in [1.807, 2.05) is 43.3 Å². The molecular weight excluding hydrogens is 434 g/mol. The zero-order valence-corrected chi connectivity index (χ0v) is 18.8. The number of anilines is 1. The SMILES string of the molecule is Cc1cccc(OCC(=O)c2ccc3c(c2)N(CC(=O)NCCc2ccccn2)C(=O)CO3)c1. The highest BCUT2D eigenvalue weighted by Crippen LogP contribution is 2.33. The summed E-state index contributed by atoms with van der Waals surface area (Å²) in [7, 11) is 0. The molecule has 0 fully saturated rings. The van der Waals surface area contributed by atoms with E-state index in [9.17, 15) is 14.4 Å². The van der Waals surface area contributed by atoms with Gasteiger partial charge in [0.05, 0.1) is 5.69 Å². The Kier molecular flexibility index (Phi) is 7.17. The number of hydrogen-bond acceptors (Lipinski definition) is 6. The molecule has 0 atom stereocenters. The van der Waals surface area contributed by atoms with Crippen LogP contribution < -0.4 is 19.7 Å². The van der Waals surface area contributed by atoms with Gasteiger partial charge >= 0.3 is 0 Å². The summed E-state index contributed by atoms with van der Waals surface area (Å²) in [5.41, 5.74) is 2.65. The number of pyridine rings is 1. The van der Waals surface area contributed by atoms with Gasteiger partial charge in [-0.2, -0.15) is 0 Å². The Labute approximate surface area is 197 Å². The molecule has 0 bridgehead atoms. The van der Waals surface area contributed by atoms with E-state index in [2.05, 4.69) is 10.3 Å². The summed E-state index contributed by atoms with van der Waals surface area (Å²) >= 11 is 0. The summed E-state index contributed by atoms with van der Waals surface area (Å²) in [5, 5.41) is 2.81. The maximum Gasteiger partial charge on any atom is 0.265 e. The third-order valence-electron chi connectivity index (χ3n) is 5.31. The second-order valence-corrected chi connectivity index (χ2v) is 7.90. The van der Waals surface area contributed by atoms with E-state index in [0.717, 1.165) is 11.3 Å². The number of hydrogen-bond donors (Lipinski definition) is 1. The number of aromatic nitrogens is 1. The van der Waals surface area contributed by atoms with Gasteiger partial charge in [0.2, 0.25) is 5.91 Å². The number of nitrogens with zero attached hydrogens (tertiary/aromatic N) is 2. The zero-order valence-electron chi connectivity index (χ0n) is 18.8. The fraction of sp³-hybridized carbons (Fsp3) is 0.231. The average Bonchev–Trinajstić information content (AvgIpc) is 2.85. The van der Waals surface area contributed by atoms with E-state index >= 15 is 0 Å². The predicted octanol–water partition coefficient (Wildman–Crippen LogP) is 2.74. The first kappa shape index (κ1) is 23.0. The lowest BCUT2D eigenvalue weighted by atomic mass is 10.1. The van der Waals surface area contributed by atoms with Gasteiger partial charge in [0.25, 0.3) is 5.91 Å². The number of benzene rings is 2. The zero-order chi connectivity index (χ0) is 23.9. The van der Waals surface area contributed by atoms with Gasteiger partial charge in [-0.05, 0) is 55.0 Å². The standard InChI is InChI=1S/C26H25N3O5/c1-18-5-4-7-21(13-18)33-16-23(30)19-8-9-24-22(14-19)29(26(32)17-34-24)15-25(31)28-12-10-20-6-2-3-11-27-20/h2-9,11,13-14H,10,12,15-17H2,1H3,(H,28,31). The van der Waals surface area contributed by atoms with E-state index in [1.165, 1.54) is 4.90 Å². The van der Waals surface area contributed by atoms with Gasteiger partial charge in [-0.25, -0.2) is 0 Å². The summed E-state index contributed by atoms with van der Waals surface area (Å²) in [6, 6.07) is 17.9. The highest BCUT2D eigenvalue weighted by Gasteiger charge is 2.28. The van der Waals surface area contributed by atoms with Crippen molar-refractivity contribution >= 4 is 23.3 Å². The van der Waals surface area contributed by atoms with Crippen LogP contribution in [0.15, 0.2) is 66.9 Å². The largest absolute Gasteiger partial charge is 0.485 e. The van der Waals surface area contributed by atoms with Crippen LogP contribution in [0, 0.1) is 6.92 Å². The van der Waals surface area contributed by atoms with Crippen LogP contribution in [-0.2, 0) is 16.0 Å². The number of nitrogens with one attached hydrogen (secondary N) is 1. The van der Waals surface area contributed by atoms with E-state index in [0.29, 0.717) is 35.7 Å². The topological polar surface area (TPSA) is 97.8 Å². The minimum atomic E-state index is -0.354. The van der Waals surface area contributed by atoms with Gasteiger partial charge < -0.3 is 14.8 Å². The molecule has 0 saturated carbocycles. The number of fused-ring (bicyclic) bond motifs is 1. The third-order valence-corrected chi connectivity index (χ3v) is 5.31.